The molecule has 0 N–H and O–H groups in total. The zero-order valence-corrected chi connectivity index (χ0v) is 10.3. The van der Waals surface area contributed by atoms with Gasteiger partial charge in [-0.15, -0.1) is 0 Å². The number of carbonyl (C=O) groups is 1. The van der Waals surface area contributed by atoms with E-state index in [1.807, 2.05) is 22.6 Å². The second-order valence-corrected chi connectivity index (χ2v) is 4.18. The van der Waals surface area contributed by atoms with Gasteiger partial charge in [-0.25, -0.2) is 0 Å². The molecule has 2 nitrogen and oxygen atoms in total. The van der Waals surface area contributed by atoms with Gasteiger partial charge in [0.25, 0.3) is 0 Å². The molecule has 1 aromatic carbocycles. The first kappa shape index (κ1) is 12.4. The number of Topliss-reactive ketones (excluding diaryl/α,β-unsaturated/α-hetero) is 1. The SMILES string of the molecule is CC(=O)c1cc(I)c(C)c(OC(F)F)c1. The smallest absolute Gasteiger partial charge is 0.387 e. The Morgan fingerprint density at radius 3 is 2.53 bits per heavy atom. The van der Waals surface area contributed by atoms with E-state index in [-0.39, 0.29) is 11.5 Å². The van der Waals surface area contributed by atoms with Crippen LogP contribution in [0.1, 0.15) is 22.8 Å². The number of ketones is 1. The van der Waals surface area contributed by atoms with Gasteiger partial charge in [-0.3, -0.25) is 4.79 Å². The van der Waals surface area contributed by atoms with E-state index in [2.05, 4.69) is 4.74 Å². The quantitative estimate of drug-likeness (QED) is 0.629. The number of hydrogen-bond donors (Lipinski definition) is 0. The van der Waals surface area contributed by atoms with Crippen LogP contribution < -0.4 is 4.74 Å². The summed E-state index contributed by atoms with van der Waals surface area (Å²) in [6.07, 6.45) is 0. The molecule has 0 radical (unpaired) electrons. The number of benzene rings is 1. The molecule has 0 heterocycles. The third-order valence-corrected chi connectivity index (χ3v) is 3.04. The molecular formula is C10H9F2IO2. The van der Waals surface area contributed by atoms with Gasteiger partial charge in [0.05, 0.1) is 0 Å². The lowest BCUT2D eigenvalue weighted by atomic mass is 10.1. The lowest BCUT2D eigenvalue weighted by molar-refractivity contribution is -0.0503. The molecule has 0 bridgehead atoms. The van der Waals surface area contributed by atoms with Gasteiger partial charge in [0.15, 0.2) is 5.78 Å². The first-order valence-electron chi connectivity index (χ1n) is 4.17. The highest BCUT2D eigenvalue weighted by molar-refractivity contribution is 14.1. The Hall–Kier alpha value is -0.720. The minimum absolute atomic E-state index is 0.0575. The van der Waals surface area contributed by atoms with Crippen LogP contribution >= 0.6 is 22.6 Å². The van der Waals surface area contributed by atoms with Gasteiger partial charge in [-0.2, -0.15) is 8.78 Å². The fraction of sp³-hybridized carbons (Fsp3) is 0.300. The summed E-state index contributed by atoms with van der Waals surface area (Å²) in [7, 11) is 0. The van der Waals surface area contributed by atoms with E-state index < -0.39 is 6.61 Å². The predicted molar refractivity (Wildman–Crippen MR) is 60.5 cm³/mol. The summed E-state index contributed by atoms with van der Waals surface area (Å²) in [6.45, 7) is 0.178. The topological polar surface area (TPSA) is 26.3 Å². The lowest BCUT2D eigenvalue weighted by Crippen LogP contribution is -2.05. The monoisotopic (exact) mass is 326 g/mol. The standard InChI is InChI=1S/C10H9F2IO2/c1-5-8(13)3-7(6(2)14)4-9(5)15-10(11)12/h3-4,10H,1-2H3. The summed E-state index contributed by atoms with van der Waals surface area (Å²) in [5.41, 5.74) is 0.988. The molecule has 0 unspecified atom stereocenters. The third kappa shape index (κ3) is 3.12. The van der Waals surface area contributed by atoms with Gasteiger partial charge in [-0.1, -0.05) is 0 Å². The van der Waals surface area contributed by atoms with E-state index in [4.69, 9.17) is 0 Å². The fourth-order valence-corrected chi connectivity index (χ4v) is 1.68. The normalized spacial score (nSPS) is 10.5. The van der Waals surface area contributed by atoms with Crippen molar-refractivity contribution in [1.82, 2.24) is 0 Å². The van der Waals surface area contributed by atoms with Crippen LogP contribution in [0, 0.1) is 10.5 Å². The third-order valence-electron chi connectivity index (χ3n) is 1.92. The molecule has 5 heteroatoms. The molecule has 0 aliphatic heterocycles. The number of alkyl halides is 2. The summed E-state index contributed by atoms with van der Waals surface area (Å²) < 4.78 is 29.2. The van der Waals surface area contributed by atoms with Gasteiger partial charge in [0.1, 0.15) is 5.75 Å². The van der Waals surface area contributed by atoms with E-state index in [0.29, 0.717) is 11.1 Å². The molecule has 0 spiro atoms. The van der Waals surface area contributed by atoms with Crippen LogP contribution in [-0.2, 0) is 0 Å². The summed E-state index contributed by atoms with van der Waals surface area (Å²) in [6, 6.07) is 2.99. The highest BCUT2D eigenvalue weighted by Gasteiger charge is 2.12. The molecule has 82 valence electrons. The average Bonchev–Trinajstić information content (AvgIpc) is 2.11. The van der Waals surface area contributed by atoms with E-state index in [1.54, 1.807) is 13.0 Å². The van der Waals surface area contributed by atoms with Crippen molar-refractivity contribution in [2.24, 2.45) is 0 Å². The maximum atomic E-state index is 12.1. The van der Waals surface area contributed by atoms with Crippen molar-refractivity contribution in [2.75, 3.05) is 0 Å². The molecule has 1 aromatic rings. The van der Waals surface area contributed by atoms with Gasteiger partial charge in [-0.05, 0) is 48.6 Å². The molecule has 0 aromatic heterocycles. The second-order valence-electron chi connectivity index (χ2n) is 3.02. The molecular weight excluding hydrogens is 317 g/mol. The molecule has 0 aliphatic rings. The first-order chi connectivity index (χ1) is 6.91. The van der Waals surface area contributed by atoms with Crippen molar-refractivity contribution in [1.29, 1.82) is 0 Å². The summed E-state index contributed by atoms with van der Waals surface area (Å²) in [5, 5.41) is 0. The average molecular weight is 326 g/mol. The van der Waals surface area contributed by atoms with Gasteiger partial charge in [0, 0.05) is 14.7 Å². The zero-order chi connectivity index (χ0) is 11.6. The summed E-state index contributed by atoms with van der Waals surface area (Å²) in [4.78, 5) is 11.1. The van der Waals surface area contributed by atoms with E-state index in [1.165, 1.54) is 13.0 Å². The van der Waals surface area contributed by atoms with E-state index >= 15 is 0 Å². The number of halogens is 3. The maximum Gasteiger partial charge on any atom is 0.387 e. The molecule has 1 rings (SSSR count). The van der Waals surface area contributed by atoms with Crippen molar-refractivity contribution < 1.29 is 18.3 Å². The van der Waals surface area contributed by atoms with Crippen LogP contribution in [0.4, 0.5) is 8.78 Å². The molecule has 0 amide bonds. The van der Waals surface area contributed by atoms with Gasteiger partial charge >= 0.3 is 6.61 Å². The molecule has 0 saturated heterocycles. The number of ether oxygens (including phenoxy) is 1. The van der Waals surface area contributed by atoms with Gasteiger partial charge < -0.3 is 4.74 Å². The Morgan fingerprint density at radius 2 is 2.07 bits per heavy atom. The summed E-state index contributed by atoms with van der Waals surface area (Å²) >= 11 is 1.98. The minimum atomic E-state index is -2.87. The zero-order valence-electron chi connectivity index (χ0n) is 8.18. The molecule has 0 atom stereocenters. The second kappa shape index (κ2) is 4.87. The first-order valence-corrected chi connectivity index (χ1v) is 5.25. The Kier molecular flexibility index (Phi) is 4.01. The number of rotatable bonds is 3. The maximum absolute atomic E-state index is 12.1. The van der Waals surface area contributed by atoms with Crippen molar-refractivity contribution in [3.63, 3.8) is 0 Å². The highest BCUT2D eigenvalue weighted by atomic mass is 127. The fourth-order valence-electron chi connectivity index (χ4n) is 1.08. The van der Waals surface area contributed by atoms with Crippen molar-refractivity contribution in [3.8, 4) is 5.75 Å². The molecule has 0 aliphatic carbocycles. The number of carbonyl (C=O) groups excluding carboxylic acids is 1. The van der Waals surface area contributed by atoms with Crippen LogP contribution in [0.5, 0.6) is 5.75 Å². The molecule has 0 saturated carbocycles. The molecule has 15 heavy (non-hydrogen) atoms. The Bertz CT molecular complexity index is 391. The van der Waals surface area contributed by atoms with Crippen LogP contribution in [0.25, 0.3) is 0 Å². The van der Waals surface area contributed by atoms with E-state index in [0.717, 1.165) is 3.57 Å². The van der Waals surface area contributed by atoms with Crippen LogP contribution in [0.2, 0.25) is 0 Å². The van der Waals surface area contributed by atoms with Crippen molar-refractivity contribution in [3.05, 3.63) is 26.8 Å². The van der Waals surface area contributed by atoms with E-state index in [9.17, 15) is 13.6 Å². The van der Waals surface area contributed by atoms with Crippen molar-refractivity contribution in [2.45, 2.75) is 20.5 Å². The molecule has 0 fully saturated rings. The van der Waals surface area contributed by atoms with Gasteiger partial charge in [0.2, 0.25) is 0 Å². The minimum Gasteiger partial charge on any atom is -0.434 e. The largest absolute Gasteiger partial charge is 0.434 e. The Labute approximate surface area is 99.8 Å². The number of hydrogen-bond acceptors (Lipinski definition) is 2. The van der Waals surface area contributed by atoms with Crippen LogP contribution in [-0.4, -0.2) is 12.4 Å². The van der Waals surface area contributed by atoms with Crippen molar-refractivity contribution >= 4 is 28.4 Å². The van der Waals surface area contributed by atoms with Crippen LogP contribution in [0.3, 0.4) is 0 Å². The lowest BCUT2D eigenvalue weighted by Gasteiger charge is -2.10. The van der Waals surface area contributed by atoms with Crippen LogP contribution in [0.15, 0.2) is 12.1 Å². The highest BCUT2D eigenvalue weighted by Crippen LogP contribution is 2.26. The predicted octanol–water partition coefficient (Wildman–Crippen LogP) is 3.40. The summed E-state index contributed by atoms with van der Waals surface area (Å²) in [5.74, 6) is -0.117. The Balaban J connectivity index is 3.19. The Morgan fingerprint density at radius 1 is 1.47 bits per heavy atom.